The Bertz CT molecular complexity index is 833. The van der Waals surface area contributed by atoms with E-state index in [2.05, 4.69) is 9.38 Å². The Hall–Kier alpha value is -2.41. The minimum absolute atomic E-state index is 0.00780. The van der Waals surface area contributed by atoms with E-state index >= 15 is 0 Å². The van der Waals surface area contributed by atoms with Gasteiger partial charge in [-0.15, -0.1) is 4.40 Å². The highest BCUT2D eigenvalue weighted by Crippen LogP contribution is 2.28. The van der Waals surface area contributed by atoms with Crippen molar-refractivity contribution in [3.63, 3.8) is 0 Å². The van der Waals surface area contributed by atoms with Crippen LogP contribution in [0.2, 0.25) is 0 Å². The standard InChI is InChI=1S/C16H17N3O3S/c17-16-15-12(11-23(20,21)19-16)5-3-8-14(15)22-10-4-7-13-6-1-2-9-18-13/h1-3,5-6,8-9H,4,7,10-11H2,(H2,17,19). The summed E-state index contributed by atoms with van der Waals surface area (Å²) in [4.78, 5) is 4.26. The molecule has 1 aromatic heterocycles. The predicted molar refractivity (Wildman–Crippen MR) is 87.8 cm³/mol. The van der Waals surface area contributed by atoms with Gasteiger partial charge in [0.05, 0.1) is 17.9 Å². The molecule has 0 atom stereocenters. The summed E-state index contributed by atoms with van der Waals surface area (Å²) >= 11 is 0. The molecule has 23 heavy (non-hydrogen) atoms. The van der Waals surface area contributed by atoms with Crippen LogP contribution in [0.3, 0.4) is 0 Å². The fourth-order valence-corrected chi connectivity index (χ4v) is 3.60. The predicted octanol–water partition coefficient (Wildman–Crippen LogP) is 1.64. The van der Waals surface area contributed by atoms with E-state index in [0.717, 1.165) is 18.5 Å². The lowest BCUT2D eigenvalue weighted by atomic mass is 10.1. The van der Waals surface area contributed by atoms with Gasteiger partial charge in [-0.3, -0.25) is 4.98 Å². The third-order valence-corrected chi connectivity index (χ3v) is 4.66. The number of nitrogens with two attached hydrogens (primary N) is 1. The fourth-order valence-electron chi connectivity index (χ4n) is 2.51. The van der Waals surface area contributed by atoms with Gasteiger partial charge >= 0.3 is 0 Å². The number of aryl methyl sites for hydroxylation is 1. The Morgan fingerprint density at radius 1 is 1.17 bits per heavy atom. The van der Waals surface area contributed by atoms with E-state index in [1.54, 1.807) is 24.4 Å². The van der Waals surface area contributed by atoms with Gasteiger partial charge in [-0.25, -0.2) is 8.42 Å². The van der Waals surface area contributed by atoms with Gasteiger partial charge in [-0.05, 0) is 36.6 Å². The van der Waals surface area contributed by atoms with Gasteiger partial charge < -0.3 is 10.5 Å². The van der Waals surface area contributed by atoms with Crippen molar-refractivity contribution in [2.45, 2.75) is 18.6 Å². The molecular formula is C16H17N3O3S. The Balaban J connectivity index is 1.68. The van der Waals surface area contributed by atoms with Crippen molar-refractivity contribution in [3.8, 4) is 5.75 Å². The fraction of sp³-hybridized carbons (Fsp3) is 0.250. The van der Waals surface area contributed by atoms with Crippen molar-refractivity contribution < 1.29 is 13.2 Å². The van der Waals surface area contributed by atoms with E-state index in [4.69, 9.17) is 10.5 Å². The van der Waals surface area contributed by atoms with E-state index in [9.17, 15) is 8.42 Å². The van der Waals surface area contributed by atoms with E-state index < -0.39 is 10.0 Å². The lowest BCUT2D eigenvalue weighted by Gasteiger charge is -2.18. The first kappa shape index (κ1) is 15.5. The molecule has 3 rings (SSSR count). The van der Waals surface area contributed by atoms with E-state index in [1.165, 1.54) is 0 Å². The average Bonchev–Trinajstić information content (AvgIpc) is 2.51. The van der Waals surface area contributed by atoms with Crippen LogP contribution in [0.4, 0.5) is 0 Å². The van der Waals surface area contributed by atoms with Crippen LogP contribution in [0.5, 0.6) is 5.75 Å². The zero-order valence-corrected chi connectivity index (χ0v) is 13.3. The second-order valence-electron chi connectivity index (χ2n) is 5.27. The first-order valence-corrected chi connectivity index (χ1v) is 8.89. The van der Waals surface area contributed by atoms with Crippen molar-refractivity contribution in [2.24, 2.45) is 10.1 Å². The minimum Gasteiger partial charge on any atom is -0.493 e. The first-order valence-electron chi connectivity index (χ1n) is 7.28. The number of hydrogen-bond donors (Lipinski definition) is 1. The molecule has 1 aliphatic heterocycles. The molecule has 120 valence electrons. The summed E-state index contributed by atoms with van der Waals surface area (Å²) in [5.74, 6) is 0.417. The number of benzene rings is 1. The van der Waals surface area contributed by atoms with Gasteiger partial charge in [0.1, 0.15) is 11.6 Å². The van der Waals surface area contributed by atoms with E-state index in [1.807, 2.05) is 18.2 Å². The molecular weight excluding hydrogens is 314 g/mol. The molecule has 0 radical (unpaired) electrons. The lowest BCUT2D eigenvalue weighted by molar-refractivity contribution is 0.309. The maximum absolute atomic E-state index is 11.6. The quantitative estimate of drug-likeness (QED) is 0.841. The molecule has 0 amide bonds. The first-order chi connectivity index (χ1) is 11.1. The Morgan fingerprint density at radius 2 is 2.04 bits per heavy atom. The van der Waals surface area contributed by atoms with Crippen LogP contribution < -0.4 is 10.5 Å². The van der Waals surface area contributed by atoms with Crippen molar-refractivity contribution in [2.75, 3.05) is 6.61 Å². The largest absolute Gasteiger partial charge is 0.493 e. The molecule has 0 fully saturated rings. The minimum atomic E-state index is -3.52. The number of aromatic nitrogens is 1. The Labute approximate surface area is 135 Å². The number of ether oxygens (including phenoxy) is 1. The molecule has 1 aromatic carbocycles. The number of amidine groups is 1. The molecule has 0 unspecified atom stereocenters. The van der Waals surface area contributed by atoms with Gasteiger partial charge in [-0.1, -0.05) is 18.2 Å². The summed E-state index contributed by atoms with van der Waals surface area (Å²) in [5, 5.41) is 0. The molecule has 2 N–H and O–H groups in total. The van der Waals surface area contributed by atoms with Crippen LogP contribution >= 0.6 is 0 Å². The average molecular weight is 331 g/mol. The summed E-state index contributed by atoms with van der Waals surface area (Å²) in [6, 6.07) is 11.1. The highest BCUT2D eigenvalue weighted by atomic mass is 32.2. The van der Waals surface area contributed by atoms with Crippen LogP contribution in [0.15, 0.2) is 47.0 Å². The molecule has 2 heterocycles. The number of nitrogens with zero attached hydrogens (tertiary/aromatic N) is 2. The second kappa shape index (κ2) is 6.37. The van der Waals surface area contributed by atoms with Crippen LogP contribution in [-0.4, -0.2) is 25.8 Å². The van der Waals surface area contributed by atoms with Crippen LogP contribution in [-0.2, 0) is 22.2 Å². The van der Waals surface area contributed by atoms with Crippen molar-refractivity contribution in [3.05, 3.63) is 59.4 Å². The number of hydrogen-bond acceptors (Lipinski definition) is 5. The number of fused-ring (bicyclic) bond motifs is 1. The summed E-state index contributed by atoms with van der Waals surface area (Å²) in [6.45, 7) is 0.493. The summed E-state index contributed by atoms with van der Waals surface area (Å²) in [6.07, 6.45) is 3.38. The topological polar surface area (TPSA) is 94.6 Å². The highest BCUT2D eigenvalue weighted by molar-refractivity contribution is 7.89. The van der Waals surface area contributed by atoms with Crippen LogP contribution in [0.1, 0.15) is 23.2 Å². The zero-order chi connectivity index (χ0) is 16.3. The van der Waals surface area contributed by atoms with Gasteiger partial charge in [0.15, 0.2) is 0 Å². The molecule has 7 heteroatoms. The Kier molecular flexibility index (Phi) is 4.29. The molecule has 1 aliphatic rings. The molecule has 0 bridgehead atoms. The second-order valence-corrected chi connectivity index (χ2v) is 6.90. The third-order valence-electron chi connectivity index (χ3n) is 3.50. The maximum atomic E-state index is 11.6. The van der Waals surface area contributed by atoms with E-state index in [0.29, 0.717) is 23.5 Å². The van der Waals surface area contributed by atoms with Crippen LogP contribution in [0, 0.1) is 0 Å². The molecule has 0 aliphatic carbocycles. The van der Waals surface area contributed by atoms with Crippen molar-refractivity contribution >= 4 is 15.9 Å². The summed E-state index contributed by atoms with van der Waals surface area (Å²) < 4.78 is 32.6. The number of pyridine rings is 1. The SMILES string of the molecule is NC1=NS(=O)(=O)Cc2cccc(OCCCc3ccccn3)c21. The molecule has 2 aromatic rings. The lowest BCUT2D eigenvalue weighted by Crippen LogP contribution is -2.24. The van der Waals surface area contributed by atoms with Crippen LogP contribution in [0.25, 0.3) is 0 Å². The van der Waals surface area contributed by atoms with Gasteiger partial charge in [0.2, 0.25) is 0 Å². The Morgan fingerprint density at radius 3 is 2.83 bits per heavy atom. The number of sulfonamides is 1. The van der Waals surface area contributed by atoms with Gasteiger partial charge in [0.25, 0.3) is 10.0 Å². The van der Waals surface area contributed by atoms with Crippen molar-refractivity contribution in [1.82, 2.24) is 4.98 Å². The van der Waals surface area contributed by atoms with E-state index in [-0.39, 0.29) is 11.6 Å². The molecule has 0 saturated heterocycles. The van der Waals surface area contributed by atoms with Gasteiger partial charge in [-0.2, -0.15) is 0 Å². The van der Waals surface area contributed by atoms with Gasteiger partial charge in [0, 0.05) is 11.9 Å². The summed E-state index contributed by atoms with van der Waals surface area (Å²) in [7, 11) is -3.52. The summed E-state index contributed by atoms with van der Waals surface area (Å²) in [5.41, 5.74) is 8.02. The maximum Gasteiger partial charge on any atom is 0.259 e. The number of rotatable bonds is 5. The molecule has 0 saturated carbocycles. The zero-order valence-electron chi connectivity index (χ0n) is 12.5. The molecule has 6 nitrogen and oxygen atoms in total. The highest BCUT2D eigenvalue weighted by Gasteiger charge is 2.24. The third kappa shape index (κ3) is 3.68. The normalized spacial score (nSPS) is 15.6. The smallest absolute Gasteiger partial charge is 0.259 e. The molecule has 0 spiro atoms. The van der Waals surface area contributed by atoms with Crippen molar-refractivity contribution in [1.29, 1.82) is 0 Å². The monoisotopic (exact) mass is 331 g/mol.